The maximum absolute atomic E-state index is 10.8. The van der Waals surface area contributed by atoms with Crippen LogP contribution in [-0.4, -0.2) is 10.1 Å². The Hall–Kier alpha value is -1.38. The number of benzene rings is 1. The average Bonchev–Trinajstić information content (AvgIpc) is 2.71. The Bertz CT molecular complexity index is 584. The molecule has 0 saturated carbocycles. The van der Waals surface area contributed by atoms with Crippen LogP contribution in [0.2, 0.25) is 5.02 Å². The Morgan fingerprint density at radius 2 is 2.11 bits per heavy atom. The number of halogens is 1. The lowest BCUT2D eigenvalue weighted by atomic mass is 9.89. The quantitative estimate of drug-likeness (QED) is 0.899. The van der Waals surface area contributed by atoms with Gasteiger partial charge in [-0.15, -0.1) is 0 Å². The van der Waals surface area contributed by atoms with Gasteiger partial charge in [0.25, 0.3) is 0 Å². The van der Waals surface area contributed by atoms with Crippen LogP contribution in [-0.2, 0) is 18.4 Å². The molecule has 18 heavy (non-hydrogen) atoms. The second-order valence-corrected chi connectivity index (χ2v) is 5.24. The topological polar surface area (TPSA) is 33.1 Å². The minimum atomic E-state index is -0.790. The second-order valence-electron chi connectivity index (χ2n) is 4.83. The lowest BCUT2D eigenvalue weighted by Gasteiger charge is -2.24. The number of aromatic nitrogens is 1. The number of aryl methyl sites for hydroxylation is 1. The molecule has 1 aromatic heterocycles. The van der Waals surface area contributed by atoms with Crippen molar-refractivity contribution in [3.63, 3.8) is 0 Å². The van der Waals surface area contributed by atoms with E-state index in [0.29, 0.717) is 11.4 Å². The fraction of sp³-hybridized carbons (Fsp3) is 0.267. The van der Waals surface area contributed by atoms with Crippen molar-refractivity contribution in [1.29, 1.82) is 0 Å². The Balaban J connectivity index is 1.96. The van der Waals surface area contributed by atoms with Crippen molar-refractivity contribution < 1.29 is 5.11 Å². The molecule has 0 bridgehead atoms. The molecule has 1 aromatic carbocycles. The van der Waals surface area contributed by atoms with Gasteiger partial charge in [0.1, 0.15) is 0 Å². The van der Waals surface area contributed by atoms with Gasteiger partial charge in [-0.05, 0) is 35.6 Å². The highest BCUT2D eigenvalue weighted by Gasteiger charge is 2.36. The Morgan fingerprint density at radius 1 is 1.28 bits per heavy atom. The maximum Gasteiger partial charge on any atom is 0.0943 e. The first-order valence-electron chi connectivity index (χ1n) is 6.08. The van der Waals surface area contributed by atoms with Crippen LogP contribution in [0.1, 0.15) is 23.1 Å². The Morgan fingerprint density at radius 3 is 2.94 bits per heavy atom. The van der Waals surface area contributed by atoms with Crippen molar-refractivity contribution >= 4 is 11.6 Å². The van der Waals surface area contributed by atoms with E-state index in [0.717, 1.165) is 24.0 Å². The van der Waals surface area contributed by atoms with Crippen LogP contribution in [0.25, 0.3) is 0 Å². The van der Waals surface area contributed by atoms with Crippen molar-refractivity contribution in [2.24, 2.45) is 0 Å². The van der Waals surface area contributed by atoms with Crippen LogP contribution in [0.5, 0.6) is 0 Å². The Labute approximate surface area is 111 Å². The third kappa shape index (κ3) is 1.92. The summed E-state index contributed by atoms with van der Waals surface area (Å²) < 4.78 is 0. The number of aliphatic hydroxyl groups is 1. The lowest BCUT2D eigenvalue weighted by Crippen LogP contribution is -2.25. The average molecular weight is 260 g/mol. The Kier molecular flexibility index (Phi) is 2.84. The zero-order valence-corrected chi connectivity index (χ0v) is 10.7. The molecule has 1 atom stereocenters. The molecule has 2 nitrogen and oxygen atoms in total. The van der Waals surface area contributed by atoms with Gasteiger partial charge in [0.15, 0.2) is 0 Å². The zero-order chi connectivity index (χ0) is 12.6. The molecule has 3 rings (SSSR count). The van der Waals surface area contributed by atoms with Crippen LogP contribution in [0.3, 0.4) is 0 Å². The van der Waals surface area contributed by atoms with Gasteiger partial charge < -0.3 is 5.11 Å². The first kappa shape index (κ1) is 11.7. The van der Waals surface area contributed by atoms with Gasteiger partial charge in [0.05, 0.1) is 10.6 Å². The second kappa shape index (κ2) is 4.38. The van der Waals surface area contributed by atoms with E-state index < -0.39 is 5.60 Å². The van der Waals surface area contributed by atoms with Gasteiger partial charge in [0.2, 0.25) is 0 Å². The van der Waals surface area contributed by atoms with Crippen molar-refractivity contribution in [1.82, 2.24) is 4.98 Å². The van der Waals surface area contributed by atoms with Crippen molar-refractivity contribution in [3.8, 4) is 0 Å². The molecule has 1 heterocycles. The largest absolute Gasteiger partial charge is 0.385 e. The van der Waals surface area contributed by atoms with Crippen molar-refractivity contribution in [2.75, 3.05) is 0 Å². The molecule has 1 aliphatic carbocycles. The summed E-state index contributed by atoms with van der Waals surface area (Å²) in [5, 5.41) is 11.5. The molecule has 3 heteroatoms. The molecule has 92 valence electrons. The molecule has 2 aromatic rings. The van der Waals surface area contributed by atoms with Gasteiger partial charge in [-0.1, -0.05) is 35.9 Å². The number of rotatable bonds is 2. The summed E-state index contributed by atoms with van der Waals surface area (Å²) in [4.78, 5) is 3.97. The van der Waals surface area contributed by atoms with E-state index in [1.54, 1.807) is 12.4 Å². The number of pyridine rings is 1. The summed E-state index contributed by atoms with van der Waals surface area (Å²) in [5.74, 6) is 0. The molecule has 0 fully saturated rings. The molecule has 0 spiro atoms. The predicted molar refractivity (Wildman–Crippen MR) is 71.6 cm³/mol. The maximum atomic E-state index is 10.8. The molecule has 1 N–H and O–H groups in total. The zero-order valence-electron chi connectivity index (χ0n) is 9.94. The van der Waals surface area contributed by atoms with E-state index in [2.05, 4.69) is 11.1 Å². The van der Waals surface area contributed by atoms with E-state index in [1.165, 1.54) is 5.56 Å². The summed E-state index contributed by atoms with van der Waals surface area (Å²) in [6.45, 7) is 0. The van der Waals surface area contributed by atoms with Crippen LogP contribution >= 0.6 is 11.6 Å². The van der Waals surface area contributed by atoms with E-state index in [-0.39, 0.29) is 0 Å². The monoisotopic (exact) mass is 259 g/mol. The van der Waals surface area contributed by atoms with Crippen LogP contribution in [0.15, 0.2) is 42.7 Å². The number of hydrogen-bond donors (Lipinski definition) is 1. The summed E-state index contributed by atoms with van der Waals surface area (Å²) in [7, 11) is 0. The summed E-state index contributed by atoms with van der Waals surface area (Å²) in [6, 6.07) is 9.97. The SMILES string of the molecule is OC1(Cc2ccncc2Cl)CCc2ccccc21. The van der Waals surface area contributed by atoms with Crippen LogP contribution in [0.4, 0.5) is 0 Å². The van der Waals surface area contributed by atoms with E-state index in [9.17, 15) is 5.11 Å². The van der Waals surface area contributed by atoms with Gasteiger partial charge in [-0.25, -0.2) is 0 Å². The van der Waals surface area contributed by atoms with Gasteiger partial charge >= 0.3 is 0 Å². The lowest BCUT2D eigenvalue weighted by molar-refractivity contribution is 0.0390. The first-order chi connectivity index (χ1) is 8.69. The van der Waals surface area contributed by atoms with Crippen LogP contribution < -0.4 is 0 Å². The third-order valence-electron chi connectivity index (χ3n) is 3.67. The van der Waals surface area contributed by atoms with Crippen molar-refractivity contribution in [3.05, 3.63) is 64.4 Å². The minimum absolute atomic E-state index is 0.547. The summed E-state index contributed by atoms with van der Waals surface area (Å²) in [5.41, 5.74) is 2.44. The molecule has 0 saturated heterocycles. The molecule has 0 aliphatic heterocycles. The normalized spacial score (nSPS) is 21.9. The molecule has 0 radical (unpaired) electrons. The molecular weight excluding hydrogens is 246 g/mol. The number of fused-ring (bicyclic) bond motifs is 1. The molecule has 0 amide bonds. The summed E-state index contributed by atoms with van der Waals surface area (Å²) >= 11 is 6.12. The fourth-order valence-electron chi connectivity index (χ4n) is 2.71. The minimum Gasteiger partial charge on any atom is -0.385 e. The van der Waals surface area contributed by atoms with E-state index in [4.69, 9.17) is 11.6 Å². The highest BCUT2D eigenvalue weighted by molar-refractivity contribution is 6.31. The van der Waals surface area contributed by atoms with Gasteiger partial charge in [-0.2, -0.15) is 0 Å². The molecular formula is C15H14ClNO. The van der Waals surface area contributed by atoms with E-state index in [1.807, 2.05) is 24.3 Å². The highest BCUT2D eigenvalue weighted by Crippen LogP contribution is 2.39. The fourth-order valence-corrected chi connectivity index (χ4v) is 2.90. The molecule has 1 unspecified atom stereocenters. The highest BCUT2D eigenvalue weighted by atomic mass is 35.5. The van der Waals surface area contributed by atoms with E-state index >= 15 is 0 Å². The standard InChI is InChI=1S/C15H14ClNO/c16-14-10-17-8-6-12(14)9-15(18)7-5-11-3-1-2-4-13(11)15/h1-4,6,8,10,18H,5,7,9H2. The number of hydrogen-bond acceptors (Lipinski definition) is 2. The molecule has 1 aliphatic rings. The first-order valence-corrected chi connectivity index (χ1v) is 6.46. The number of nitrogens with zero attached hydrogens (tertiary/aromatic N) is 1. The summed E-state index contributed by atoms with van der Waals surface area (Å²) in [6.07, 6.45) is 5.57. The van der Waals surface area contributed by atoms with Crippen LogP contribution in [0, 0.1) is 0 Å². The van der Waals surface area contributed by atoms with Crippen molar-refractivity contribution in [2.45, 2.75) is 24.9 Å². The van der Waals surface area contributed by atoms with Gasteiger partial charge in [0, 0.05) is 18.8 Å². The third-order valence-corrected chi connectivity index (χ3v) is 4.01. The smallest absolute Gasteiger partial charge is 0.0943 e. The van der Waals surface area contributed by atoms with Gasteiger partial charge in [-0.3, -0.25) is 4.98 Å². The predicted octanol–water partition coefficient (Wildman–Crippen LogP) is 3.11.